The number of benzene rings is 4. The largest absolute Gasteiger partial charge is 0.326 e. The highest BCUT2D eigenvalue weighted by atomic mass is 16.2. The summed E-state index contributed by atoms with van der Waals surface area (Å²) in [6, 6.07) is 29.5. The average Bonchev–Trinajstić information content (AvgIpc) is 2.89. The molecule has 1 unspecified atom stereocenters. The van der Waals surface area contributed by atoms with Crippen molar-refractivity contribution in [3.8, 4) is 0 Å². The van der Waals surface area contributed by atoms with E-state index in [1.807, 2.05) is 56.3 Å². The van der Waals surface area contributed by atoms with E-state index < -0.39 is 0 Å². The van der Waals surface area contributed by atoms with E-state index in [9.17, 15) is 9.59 Å². The molecule has 0 radical (unpaired) electrons. The molecule has 36 heavy (non-hydrogen) atoms. The summed E-state index contributed by atoms with van der Waals surface area (Å²) in [4.78, 5) is 28.0. The van der Waals surface area contributed by atoms with Gasteiger partial charge in [-0.2, -0.15) is 0 Å². The van der Waals surface area contributed by atoms with Gasteiger partial charge in [-0.1, -0.05) is 74.5 Å². The van der Waals surface area contributed by atoms with Crippen molar-refractivity contribution in [1.82, 2.24) is 0 Å². The van der Waals surface area contributed by atoms with Gasteiger partial charge in [-0.05, 0) is 73.0 Å². The van der Waals surface area contributed by atoms with E-state index in [0.717, 1.165) is 28.4 Å². The van der Waals surface area contributed by atoms with Crippen LogP contribution in [0.25, 0.3) is 10.8 Å². The van der Waals surface area contributed by atoms with Crippen LogP contribution in [0.15, 0.2) is 91.0 Å². The fourth-order valence-corrected chi connectivity index (χ4v) is 4.53. The van der Waals surface area contributed by atoms with Crippen molar-refractivity contribution in [3.63, 3.8) is 0 Å². The summed E-state index contributed by atoms with van der Waals surface area (Å²) in [5.41, 5.74) is 4.42. The molecule has 1 N–H and O–H groups in total. The van der Waals surface area contributed by atoms with E-state index in [2.05, 4.69) is 43.4 Å². The second-order valence-electron chi connectivity index (χ2n) is 9.68. The first-order valence-corrected chi connectivity index (χ1v) is 12.7. The minimum Gasteiger partial charge on any atom is -0.326 e. The Balaban J connectivity index is 1.45. The van der Waals surface area contributed by atoms with Crippen molar-refractivity contribution in [1.29, 1.82) is 0 Å². The summed E-state index contributed by atoms with van der Waals surface area (Å²) in [6.45, 7) is 8.84. The quantitative estimate of drug-likeness (QED) is 0.286. The Morgan fingerprint density at radius 3 is 2.14 bits per heavy atom. The first-order chi connectivity index (χ1) is 17.4. The molecule has 0 saturated carbocycles. The van der Waals surface area contributed by atoms with E-state index in [4.69, 9.17) is 0 Å². The van der Waals surface area contributed by atoms with Crippen molar-refractivity contribution in [2.45, 2.75) is 40.0 Å². The van der Waals surface area contributed by atoms with Crippen molar-refractivity contribution in [2.24, 2.45) is 5.92 Å². The van der Waals surface area contributed by atoms with Crippen LogP contribution in [-0.2, 0) is 11.2 Å². The number of nitrogens with one attached hydrogen (secondary N) is 1. The number of nitrogens with zero attached hydrogens (tertiary/aromatic N) is 1. The molecule has 2 amide bonds. The number of anilines is 2. The Labute approximate surface area is 214 Å². The Hall–Kier alpha value is -3.92. The van der Waals surface area contributed by atoms with Crippen LogP contribution in [0.5, 0.6) is 0 Å². The van der Waals surface area contributed by atoms with E-state index in [0.29, 0.717) is 23.7 Å². The topological polar surface area (TPSA) is 49.4 Å². The highest BCUT2D eigenvalue weighted by molar-refractivity contribution is 6.11. The average molecular weight is 479 g/mol. The molecule has 184 valence electrons. The van der Waals surface area contributed by atoms with Crippen LogP contribution in [0.4, 0.5) is 11.4 Å². The van der Waals surface area contributed by atoms with Gasteiger partial charge in [0.2, 0.25) is 5.91 Å². The number of carbonyl (C=O) groups is 2. The summed E-state index contributed by atoms with van der Waals surface area (Å²) in [5, 5.41) is 5.13. The van der Waals surface area contributed by atoms with Gasteiger partial charge in [-0.25, -0.2) is 0 Å². The highest BCUT2D eigenvalue weighted by Gasteiger charge is 2.19. The molecule has 0 saturated heterocycles. The lowest BCUT2D eigenvalue weighted by Crippen LogP contribution is -2.30. The molecule has 4 rings (SSSR count). The Morgan fingerprint density at radius 2 is 1.47 bits per heavy atom. The molecular weight excluding hydrogens is 444 g/mol. The van der Waals surface area contributed by atoms with Crippen LogP contribution in [0.1, 0.15) is 55.1 Å². The second-order valence-corrected chi connectivity index (χ2v) is 9.68. The number of hydrogen-bond donors (Lipinski definition) is 1. The number of rotatable bonds is 8. The van der Waals surface area contributed by atoms with Crippen LogP contribution in [-0.4, -0.2) is 18.4 Å². The molecular formula is C32H34N2O2. The standard InChI is InChI=1S/C32H34N2O2/c1-5-34(30-12-8-10-26-9-6-7-11-29(26)30)32(36)27-17-19-28(20-18-27)33-31(35)23(4)25-15-13-24(14-16-25)21-22(2)3/h6-20,22-23H,5,21H2,1-4H3,(H,33,35). The van der Waals surface area contributed by atoms with Gasteiger partial charge in [-0.3, -0.25) is 9.59 Å². The van der Waals surface area contributed by atoms with Crippen molar-refractivity contribution in [3.05, 3.63) is 108 Å². The van der Waals surface area contributed by atoms with Crippen molar-refractivity contribution >= 4 is 34.0 Å². The smallest absolute Gasteiger partial charge is 0.258 e. The van der Waals surface area contributed by atoms with Crippen molar-refractivity contribution < 1.29 is 9.59 Å². The first kappa shape index (κ1) is 25.2. The predicted octanol–water partition coefficient (Wildman–Crippen LogP) is 7.45. The van der Waals surface area contributed by atoms with Crippen LogP contribution in [0.2, 0.25) is 0 Å². The van der Waals surface area contributed by atoms with Crippen LogP contribution < -0.4 is 10.2 Å². The zero-order chi connectivity index (χ0) is 25.7. The summed E-state index contributed by atoms with van der Waals surface area (Å²) in [7, 11) is 0. The fraction of sp³-hybridized carbons (Fsp3) is 0.250. The van der Waals surface area contributed by atoms with Gasteiger partial charge in [0.05, 0.1) is 11.6 Å². The van der Waals surface area contributed by atoms with Gasteiger partial charge in [-0.15, -0.1) is 0 Å². The maximum Gasteiger partial charge on any atom is 0.258 e. The van der Waals surface area contributed by atoms with Gasteiger partial charge in [0.25, 0.3) is 5.91 Å². The maximum absolute atomic E-state index is 13.4. The number of carbonyl (C=O) groups excluding carboxylic acids is 2. The Bertz CT molecular complexity index is 1340. The zero-order valence-electron chi connectivity index (χ0n) is 21.5. The molecule has 4 aromatic rings. The lowest BCUT2D eigenvalue weighted by atomic mass is 9.96. The molecule has 0 fully saturated rings. The summed E-state index contributed by atoms with van der Waals surface area (Å²) in [6.07, 6.45) is 1.03. The fourth-order valence-electron chi connectivity index (χ4n) is 4.53. The van der Waals surface area contributed by atoms with Crippen molar-refractivity contribution in [2.75, 3.05) is 16.8 Å². The molecule has 4 heteroatoms. The van der Waals surface area contributed by atoms with Crippen LogP contribution in [0, 0.1) is 5.92 Å². The van der Waals surface area contributed by atoms with E-state index in [1.54, 1.807) is 29.2 Å². The Morgan fingerprint density at radius 1 is 0.806 bits per heavy atom. The number of hydrogen-bond acceptors (Lipinski definition) is 2. The van der Waals surface area contributed by atoms with Gasteiger partial charge < -0.3 is 10.2 Å². The summed E-state index contributed by atoms with van der Waals surface area (Å²) in [5.74, 6) is 0.183. The molecule has 0 aliphatic heterocycles. The normalized spacial score (nSPS) is 11.9. The SMILES string of the molecule is CCN(C(=O)c1ccc(NC(=O)C(C)c2ccc(CC(C)C)cc2)cc1)c1cccc2ccccc12. The molecule has 0 bridgehead atoms. The third-order valence-corrected chi connectivity index (χ3v) is 6.54. The monoisotopic (exact) mass is 478 g/mol. The van der Waals surface area contributed by atoms with Gasteiger partial charge in [0.15, 0.2) is 0 Å². The molecule has 4 aromatic carbocycles. The van der Waals surface area contributed by atoms with Gasteiger partial charge in [0, 0.05) is 23.2 Å². The van der Waals surface area contributed by atoms with Crippen LogP contribution >= 0.6 is 0 Å². The first-order valence-electron chi connectivity index (χ1n) is 12.7. The molecule has 4 nitrogen and oxygen atoms in total. The lowest BCUT2D eigenvalue weighted by molar-refractivity contribution is -0.117. The minimum absolute atomic E-state index is 0.0680. The second kappa shape index (κ2) is 11.2. The third-order valence-electron chi connectivity index (χ3n) is 6.54. The van der Waals surface area contributed by atoms with Gasteiger partial charge in [0.1, 0.15) is 0 Å². The predicted molar refractivity (Wildman–Crippen MR) is 150 cm³/mol. The molecule has 0 heterocycles. The van der Waals surface area contributed by atoms with E-state index in [1.165, 1.54) is 5.56 Å². The Kier molecular flexibility index (Phi) is 7.84. The minimum atomic E-state index is -0.277. The van der Waals surface area contributed by atoms with E-state index >= 15 is 0 Å². The highest BCUT2D eigenvalue weighted by Crippen LogP contribution is 2.28. The van der Waals surface area contributed by atoms with Crippen LogP contribution in [0.3, 0.4) is 0 Å². The zero-order valence-corrected chi connectivity index (χ0v) is 21.5. The molecule has 1 atom stereocenters. The summed E-state index contributed by atoms with van der Waals surface area (Å²) >= 11 is 0. The number of fused-ring (bicyclic) bond motifs is 1. The van der Waals surface area contributed by atoms with Gasteiger partial charge >= 0.3 is 0 Å². The molecule has 0 aliphatic carbocycles. The molecule has 0 aliphatic rings. The van der Waals surface area contributed by atoms with E-state index in [-0.39, 0.29) is 17.7 Å². The maximum atomic E-state index is 13.4. The third kappa shape index (κ3) is 5.65. The molecule has 0 aromatic heterocycles. The number of amides is 2. The summed E-state index contributed by atoms with van der Waals surface area (Å²) < 4.78 is 0. The molecule has 0 spiro atoms. The lowest BCUT2D eigenvalue weighted by Gasteiger charge is -2.23.